The lowest BCUT2D eigenvalue weighted by atomic mass is 9.91. The highest BCUT2D eigenvalue weighted by Gasteiger charge is 2.41. The topological polar surface area (TPSA) is 136 Å². The molecule has 0 aliphatic heterocycles. The predicted octanol–water partition coefficient (Wildman–Crippen LogP) is 5.10. The van der Waals surface area contributed by atoms with Crippen molar-refractivity contribution < 1.29 is 56.0 Å². The van der Waals surface area contributed by atoms with Crippen LogP contribution in [-0.4, -0.2) is 70.3 Å². The summed E-state index contributed by atoms with van der Waals surface area (Å²) in [7, 11) is 0. The van der Waals surface area contributed by atoms with Crippen molar-refractivity contribution in [1.82, 2.24) is 10.6 Å². The molecule has 2 fully saturated rings. The summed E-state index contributed by atoms with van der Waals surface area (Å²) in [5.41, 5.74) is 2.88. The third kappa shape index (κ3) is 14.3. The molecule has 14 heteroatoms. The molecule has 0 saturated heterocycles. The molecule has 0 bridgehead atoms. The number of rotatable bonds is 9. The molecule has 226 valence electrons. The van der Waals surface area contributed by atoms with E-state index in [0.717, 1.165) is 19.3 Å². The first kappa shape index (κ1) is 34.9. The van der Waals surface area contributed by atoms with Crippen LogP contribution in [0.2, 0.25) is 0 Å². The summed E-state index contributed by atoms with van der Waals surface area (Å²) in [5.74, 6) is -5.53. The first-order valence-corrected chi connectivity index (χ1v) is 12.6. The molecule has 1 aromatic carbocycles. The van der Waals surface area contributed by atoms with Gasteiger partial charge in [0, 0.05) is 24.7 Å². The van der Waals surface area contributed by atoms with Gasteiger partial charge >= 0.3 is 30.3 Å². The Bertz CT molecular complexity index is 952. The van der Waals surface area contributed by atoms with Gasteiger partial charge in [-0.1, -0.05) is 48.9 Å². The highest BCUT2D eigenvalue weighted by atomic mass is 19.4. The van der Waals surface area contributed by atoms with Crippen molar-refractivity contribution in [2.24, 2.45) is 5.92 Å². The van der Waals surface area contributed by atoms with Gasteiger partial charge < -0.3 is 26.0 Å². The smallest absolute Gasteiger partial charge is 0.481 e. The van der Waals surface area contributed by atoms with Gasteiger partial charge in [-0.05, 0) is 50.0 Å². The molecule has 0 amide bonds. The number of hydrogen-bond donors (Lipinski definition) is 5. The summed E-state index contributed by atoms with van der Waals surface area (Å²) in [6.45, 7) is 2.85. The molecule has 0 radical (unpaired) electrons. The summed E-state index contributed by atoms with van der Waals surface area (Å²) < 4.78 is 63.5. The molecule has 1 aromatic rings. The summed E-state index contributed by atoms with van der Waals surface area (Å²) in [5, 5.41) is 30.2. The minimum Gasteiger partial charge on any atom is -0.481 e. The number of carboxylic acids is 3. The molecule has 2 aliphatic rings. The lowest BCUT2D eigenvalue weighted by Crippen LogP contribution is -2.41. The largest absolute Gasteiger partial charge is 0.490 e. The van der Waals surface area contributed by atoms with Crippen LogP contribution >= 0.6 is 0 Å². The standard InChI is InChI=1S/C22H32N2O2.2C2HF3O2/c1-2-17(14-16-6-4-3-5-7-16)20-15-21(20)24-19-10-8-18(9-11-19)23-13-12-22(25)26;2*3-2(4,5)1(6)7/h3-7,14,18-21,23-24H,2,8-13,15H2,1H3,(H,25,26);2*(H,6,7)/t18-,19+,20-,21+;;/m0../s1. The Hall–Kier alpha value is -3.13. The number of benzene rings is 1. The summed E-state index contributed by atoms with van der Waals surface area (Å²) in [6, 6.07) is 12.4. The van der Waals surface area contributed by atoms with E-state index in [1.807, 2.05) is 0 Å². The fourth-order valence-corrected chi connectivity index (χ4v) is 4.17. The fourth-order valence-electron chi connectivity index (χ4n) is 4.17. The number of alkyl halides is 6. The number of nitrogens with one attached hydrogen (secondary N) is 2. The van der Waals surface area contributed by atoms with E-state index in [2.05, 4.69) is 54.0 Å². The van der Waals surface area contributed by atoms with Gasteiger partial charge in [-0.15, -0.1) is 0 Å². The molecule has 2 saturated carbocycles. The molecule has 2 aliphatic carbocycles. The Morgan fingerprint density at radius 2 is 1.35 bits per heavy atom. The van der Waals surface area contributed by atoms with Gasteiger partial charge in [0.2, 0.25) is 0 Å². The van der Waals surface area contributed by atoms with Crippen molar-refractivity contribution in [3.05, 3.63) is 41.5 Å². The Kier molecular flexibility index (Phi) is 14.1. The minimum absolute atomic E-state index is 0.218. The van der Waals surface area contributed by atoms with E-state index in [1.165, 1.54) is 24.8 Å². The lowest BCUT2D eigenvalue weighted by Gasteiger charge is -2.30. The lowest BCUT2D eigenvalue weighted by molar-refractivity contribution is -0.193. The van der Waals surface area contributed by atoms with Crippen LogP contribution in [0.25, 0.3) is 6.08 Å². The van der Waals surface area contributed by atoms with Gasteiger partial charge in [0.25, 0.3) is 0 Å². The normalized spacial score (nSPS) is 22.6. The molecule has 0 heterocycles. The predicted molar refractivity (Wildman–Crippen MR) is 133 cm³/mol. The van der Waals surface area contributed by atoms with E-state index in [-0.39, 0.29) is 6.42 Å². The number of halogens is 6. The van der Waals surface area contributed by atoms with E-state index < -0.39 is 30.3 Å². The van der Waals surface area contributed by atoms with Crippen LogP contribution in [0.3, 0.4) is 0 Å². The van der Waals surface area contributed by atoms with Crippen molar-refractivity contribution in [2.45, 2.75) is 82.3 Å². The van der Waals surface area contributed by atoms with E-state index in [1.54, 1.807) is 5.57 Å². The van der Waals surface area contributed by atoms with Gasteiger partial charge in [0.1, 0.15) is 0 Å². The second-order valence-electron chi connectivity index (χ2n) is 9.35. The molecular weight excluding hydrogens is 550 g/mol. The summed E-state index contributed by atoms with van der Waals surface area (Å²) in [6.07, 6.45) is -0.508. The Morgan fingerprint density at radius 1 is 0.875 bits per heavy atom. The van der Waals surface area contributed by atoms with Crippen molar-refractivity contribution >= 4 is 24.0 Å². The number of carbonyl (C=O) groups is 3. The van der Waals surface area contributed by atoms with Gasteiger partial charge in [-0.3, -0.25) is 4.79 Å². The van der Waals surface area contributed by atoms with Gasteiger partial charge in [0.15, 0.2) is 0 Å². The highest BCUT2D eigenvalue weighted by Crippen LogP contribution is 2.40. The van der Waals surface area contributed by atoms with Crippen LogP contribution in [0.15, 0.2) is 35.9 Å². The van der Waals surface area contributed by atoms with Gasteiger partial charge in [0.05, 0.1) is 6.42 Å². The number of carboxylic acid groups (broad SMARTS) is 3. The van der Waals surface area contributed by atoms with Crippen LogP contribution < -0.4 is 10.6 Å². The van der Waals surface area contributed by atoms with Crippen molar-refractivity contribution in [3.63, 3.8) is 0 Å². The maximum atomic E-state index is 10.6. The number of hydrogen-bond acceptors (Lipinski definition) is 5. The molecule has 0 unspecified atom stereocenters. The third-order valence-corrected chi connectivity index (χ3v) is 6.26. The first-order chi connectivity index (χ1) is 18.5. The molecule has 2 atom stereocenters. The molecule has 0 aromatic heterocycles. The van der Waals surface area contributed by atoms with E-state index in [9.17, 15) is 31.1 Å². The SMILES string of the molecule is CCC(=Cc1ccccc1)[C@@H]1C[C@H]1N[C@H]1CC[C@@H](NCCC(=O)O)CC1.O=C(O)C(F)(F)F.O=C(O)C(F)(F)F. The average Bonchev–Trinajstić information content (AvgIpc) is 3.62. The number of aliphatic carboxylic acids is 3. The van der Waals surface area contributed by atoms with Crippen molar-refractivity contribution in [2.75, 3.05) is 6.54 Å². The minimum atomic E-state index is -5.08. The highest BCUT2D eigenvalue weighted by molar-refractivity contribution is 5.73. The second-order valence-corrected chi connectivity index (χ2v) is 9.35. The van der Waals surface area contributed by atoms with Crippen molar-refractivity contribution in [3.8, 4) is 0 Å². The Morgan fingerprint density at radius 3 is 1.77 bits per heavy atom. The molecule has 3 rings (SSSR count). The van der Waals surface area contributed by atoms with Crippen molar-refractivity contribution in [1.29, 1.82) is 0 Å². The molecule has 0 spiro atoms. The van der Waals surface area contributed by atoms with Crippen LogP contribution in [-0.2, 0) is 14.4 Å². The molecule has 8 nitrogen and oxygen atoms in total. The third-order valence-electron chi connectivity index (χ3n) is 6.26. The van der Waals surface area contributed by atoms with Crippen LogP contribution in [0, 0.1) is 5.92 Å². The maximum absolute atomic E-state index is 10.6. The Labute approximate surface area is 227 Å². The zero-order valence-corrected chi connectivity index (χ0v) is 21.8. The quantitative estimate of drug-likeness (QED) is 0.253. The first-order valence-electron chi connectivity index (χ1n) is 12.6. The zero-order valence-electron chi connectivity index (χ0n) is 21.8. The monoisotopic (exact) mass is 584 g/mol. The Balaban J connectivity index is 0.000000473. The molecular formula is C26H34F6N2O6. The fraction of sp³-hybridized carbons (Fsp3) is 0.577. The van der Waals surface area contributed by atoms with E-state index in [4.69, 9.17) is 24.9 Å². The average molecular weight is 585 g/mol. The van der Waals surface area contributed by atoms with Gasteiger partial charge in [-0.2, -0.15) is 26.3 Å². The van der Waals surface area contributed by atoms with E-state index in [0.29, 0.717) is 30.6 Å². The van der Waals surface area contributed by atoms with Crippen LogP contribution in [0.5, 0.6) is 0 Å². The zero-order chi connectivity index (χ0) is 30.5. The summed E-state index contributed by atoms with van der Waals surface area (Å²) >= 11 is 0. The van der Waals surface area contributed by atoms with E-state index >= 15 is 0 Å². The summed E-state index contributed by atoms with van der Waals surface area (Å²) in [4.78, 5) is 28.4. The maximum Gasteiger partial charge on any atom is 0.490 e. The van der Waals surface area contributed by atoms with Crippen LogP contribution in [0.1, 0.15) is 57.4 Å². The van der Waals surface area contributed by atoms with Crippen LogP contribution in [0.4, 0.5) is 26.3 Å². The van der Waals surface area contributed by atoms with Gasteiger partial charge in [-0.25, -0.2) is 9.59 Å². The molecule has 5 N–H and O–H groups in total. The molecule has 40 heavy (non-hydrogen) atoms. The second kappa shape index (κ2) is 16.2.